The summed E-state index contributed by atoms with van der Waals surface area (Å²) in [7, 11) is 0. The molecule has 0 unspecified atom stereocenters. The number of ketones is 1. The second-order valence-electron chi connectivity index (χ2n) is 4.74. The SMILES string of the molecule is C[C@H]1C[C@@H]2C(=O)CCC[C@H]2C[C@H]1O. The molecule has 2 heteroatoms. The number of rotatable bonds is 0. The molecule has 0 aromatic carbocycles. The van der Waals surface area contributed by atoms with Gasteiger partial charge in [0.1, 0.15) is 5.78 Å². The Morgan fingerprint density at radius 1 is 1.38 bits per heavy atom. The molecule has 74 valence electrons. The normalized spacial score (nSPS) is 45.8. The van der Waals surface area contributed by atoms with Gasteiger partial charge in [-0.1, -0.05) is 6.92 Å². The quantitative estimate of drug-likeness (QED) is 0.620. The van der Waals surface area contributed by atoms with Gasteiger partial charge >= 0.3 is 0 Å². The summed E-state index contributed by atoms with van der Waals surface area (Å²) in [6.45, 7) is 2.06. The third-order valence-electron chi connectivity index (χ3n) is 3.81. The van der Waals surface area contributed by atoms with Crippen LogP contribution in [-0.2, 0) is 4.79 Å². The second-order valence-corrected chi connectivity index (χ2v) is 4.74. The minimum atomic E-state index is -0.160. The summed E-state index contributed by atoms with van der Waals surface area (Å²) in [5, 5.41) is 9.69. The summed E-state index contributed by atoms with van der Waals surface area (Å²) in [6, 6.07) is 0. The maximum atomic E-state index is 11.6. The van der Waals surface area contributed by atoms with Gasteiger partial charge in [-0.2, -0.15) is 0 Å². The van der Waals surface area contributed by atoms with Gasteiger partial charge in [0.15, 0.2) is 0 Å². The predicted molar refractivity (Wildman–Crippen MR) is 50.2 cm³/mol. The van der Waals surface area contributed by atoms with E-state index in [4.69, 9.17) is 0 Å². The lowest BCUT2D eigenvalue weighted by molar-refractivity contribution is -0.130. The molecule has 4 atom stereocenters. The van der Waals surface area contributed by atoms with E-state index in [2.05, 4.69) is 6.92 Å². The molecule has 0 radical (unpaired) electrons. The molecule has 0 amide bonds. The molecular weight excluding hydrogens is 164 g/mol. The first-order valence-electron chi connectivity index (χ1n) is 5.39. The number of carbonyl (C=O) groups excluding carboxylic acids is 1. The van der Waals surface area contributed by atoms with Crippen molar-refractivity contribution in [3.8, 4) is 0 Å². The Bertz CT molecular complexity index is 212. The van der Waals surface area contributed by atoms with Crippen LogP contribution in [0.2, 0.25) is 0 Å². The molecule has 1 N–H and O–H groups in total. The number of hydrogen-bond donors (Lipinski definition) is 1. The van der Waals surface area contributed by atoms with E-state index < -0.39 is 0 Å². The van der Waals surface area contributed by atoms with Crippen LogP contribution in [0.1, 0.15) is 39.0 Å². The summed E-state index contributed by atoms with van der Waals surface area (Å²) in [5.41, 5.74) is 0. The Kier molecular flexibility index (Phi) is 2.41. The summed E-state index contributed by atoms with van der Waals surface area (Å²) < 4.78 is 0. The van der Waals surface area contributed by atoms with Gasteiger partial charge in [-0.15, -0.1) is 0 Å². The monoisotopic (exact) mass is 182 g/mol. The van der Waals surface area contributed by atoms with E-state index in [1.165, 1.54) is 0 Å². The molecular formula is C11H18O2. The summed E-state index contributed by atoms with van der Waals surface area (Å²) >= 11 is 0. The smallest absolute Gasteiger partial charge is 0.136 e. The van der Waals surface area contributed by atoms with Crippen LogP contribution in [0.3, 0.4) is 0 Å². The number of Topliss-reactive ketones (excluding diaryl/α,β-unsaturated/α-hetero) is 1. The maximum Gasteiger partial charge on any atom is 0.136 e. The Labute approximate surface area is 79.3 Å². The van der Waals surface area contributed by atoms with Crippen molar-refractivity contribution in [1.82, 2.24) is 0 Å². The average Bonchev–Trinajstić information content (AvgIpc) is 2.09. The fraction of sp³-hybridized carbons (Fsp3) is 0.909. The number of carbonyl (C=O) groups is 1. The van der Waals surface area contributed by atoms with Crippen molar-refractivity contribution in [1.29, 1.82) is 0 Å². The largest absolute Gasteiger partial charge is 0.393 e. The predicted octanol–water partition coefficient (Wildman–Crippen LogP) is 1.76. The van der Waals surface area contributed by atoms with Crippen LogP contribution >= 0.6 is 0 Å². The van der Waals surface area contributed by atoms with Gasteiger partial charge in [-0.05, 0) is 37.5 Å². The van der Waals surface area contributed by atoms with Crippen LogP contribution in [0.5, 0.6) is 0 Å². The van der Waals surface area contributed by atoms with Gasteiger partial charge in [-0.3, -0.25) is 4.79 Å². The molecule has 0 heterocycles. The molecule has 2 aliphatic rings. The van der Waals surface area contributed by atoms with Crippen molar-refractivity contribution in [3.05, 3.63) is 0 Å². The van der Waals surface area contributed by atoms with Gasteiger partial charge in [0.05, 0.1) is 6.10 Å². The highest BCUT2D eigenvalue weighted by Crippen LogP contribution is 2.40. The summed E-state index contributed by atoms with van der Waals surface area (Å²) in [6.07, 6.45) is 4.60. The van der Waals surface area contributed by atoms with E-state index in [9.17, 15) is 9.90 Å². The van der Waals surface area contributed by atoms with Crippen molar-refractivity contribution in [2.75, 3.05) is 0 Å². The Hall–Kier alpha value is -0.370. The number of fused-ring (bicyclic) bond motifs is 1. The lowest BCUT2D eigenvalue weighted by Crippen LogP contribution is -2.39. The van der Waals surface area contributed by atoms with Crippen LogP contribution < -0.4 is 0 Å². The first-order chi connectivity index (χ1) is 6.18. The maximum absolute atomic E-state index is 11.6. The second kappa shape index (κ2) is 3.41. The molecule has 2 nitrogen and oxygen atoms in total. The fourth-order valence-electron chi connectivity index (χ4n) is 2.89. The zero-order chi connectivity index (χ0) is 9.42. The van der Waals surface area contributed by atoms with Gasteiger partial charge < -0.3 is 5.11 Å². The summed E-state index contributed by atoms with van der Waals surface area (Å²) in [5.74, 6) is 1.55. The number of hydrogen-bond acceptors (Lipinski definition) is 2. The van der Waals surface area contributed by atoms with E-state index in [1.54, 1.807) is 0 Å². The van der Waals surface area contributed by atoms with Crippen LogP contribution in [0.4, 0.5) is 0 Å². The molecule has 0 aromatic heterocycles. The third-order valence-corrected chi connectivity index (χ3v) is 3.81. The standard InChI is InChI=1S/C11H18O2/c1-7-5-9-8(6-11(7)13)3-2-4-10(9)12/h7-9,11,13H,2-6H2,1H3/t7-,8-,9-,11+/m0/s1. The summed E-state index contributed by atoms with van der Waals surface area (Å²) in [4.78, 5) is 11.6. The lowest BCUT2D eigenvalue weighted by Gasteiger charge is -2.39. The Morgan fingerprint density at radius 2 is 2.15 bits per heavy atom. The lowest BCUT2D eigenvalue weighted by atomic mass is 9.66. The third kappa shape index (κ3) is 1.64. The molecule has 0 aliphatic heterocycles. The Morgan fingerprint density at radius 3 is 2.92 bits per heavy atom. The molecule has 0 bridgehead atoms. The molecule has 0 aromatic rings. The Balaban J connectivity index is 2.08. The van der Waals surface area contributed by atoms with E-state index in [0.29, 0.717) is 17.6 Å². The molecule has 2 rings (SSSR count). The van der Waals surface area contributed by atoms with Gasteiger partial charge in [0.25, 0.3) is 0 Å². The molecule has 2 saturated carbocycles. The van der Waals surface area contributed by atoms with Crippen molar-refractivity contribution in [2.45, 2.75) is 45.1 Å². The highest BCUT2D eigenvalue weighted by atomic mass is 16.3. The van der Waals surface area contributed by atoms with Gasteiger partial charge in [0, 0.05) is 12.3 Å². The number of aliphatic hydroxyl groups excluding tert-OH is 1. The van der Waals surface area contributed by atoms with E-state index in [0.717, 1.165) is 32.1 Å². The first-order valence-corrected chi connectivity index (χ1v) is 5.39. The van der Waals surface area contributed by atoms with E-state index >= 15 is 0 Å². The molecule has 0 spiro atoms. The zero-order valence-electron chi connectivity index (χ0n) is 8.20. The average molecular weight is 182 g/mol. The van der Waals surface area contributed by atoms with Gasteiger partial charge in [0.2, 0.25) is 0 Å². The van der Waals surface area contributed by atoms with Crippen molar-refractivity contribution in [3.63, 3.8) is 0 Å². The highest BCUT2D eigenvalue weighted by Gasteiger charge is 2.39. The fourth-order valence-corrected chi connectivity index (χ4v) is 2.89. The first kappa shape index (κ1) is 9.20. The van der Waals surface area contributed by atoms with E-state index in [-0.39, 0.29) is 12.0 Å². The highest BCUT2D eigenvalue weighted by molar-refractivity contribution is 5.82. The molecule has 0 saturated heterocycles. The van der Waals surface area contributed by atoms with Crippen LogP contribution in [0.25, 0.3) is 0 Å². The minimum absolute atomic E-state index is 0.160. The zero-order valence-corrected chi connectivity index (χ0v) is 8.20. The van der Waals surface area contributed by atoms with Crippen LogP contribution in [0, 0.1) is 17.8 Å². The van der Waals surface area contributed by atoms with Gasteiger partial charge in [-0.25, -0.2) is 0 Å². The minimum Gasteiger partial charge on any atom is -0.393 e. The number of aliphatic hydroxyl groups is 1. The van der Waals surface area contributed by atoms with E-state index in [1.807, 2.05) is 0 Å². The van der Waals surface area contributed by atoms with Crippen molar-refractivity contribution < 1.29 is 9.90 Å². The van der Waals surface area contributed by atoms with Crippen molar-refractivity contribution >= 4 is 5.78 Å². The van der Waals surface area contributed by atoms with Crippen LogP contribution in [0.15, 0.2) is 0 Å². The van der Waals surface area contributed by atoms with Crippen molar-refractivity contribution in [2.24, 2.45) is 17.8 Å². The topological polar surface area (TPSA) is 37.3 Å². The molecule has 13 heavy (non-hydrogen) atoms. The molecule has 2 fully saturated rings. The molecule has 2 aliphatic carbocycles. The van der Waals surface area contributed by atoms with Crippen LogP contribution in [-0.4, -0.2) is 17.0 Å².